The first-order chi connectivity index (χ1) is 9.79. The summed E-state index contributed by atoms with van der Waals surface area (Å²) in [5.41, 5.74) is 0.898. The summed E-state index contributed by atoms with van der Waals surface area (Å²) in [5.74, 6) is -0.566. The number of halogens is 1. The van der Waals surface area contributed by atoms with Gasteiger partial charge in [-0.1, -0.05) is 23.7 Å². The highest BCUT2D eigenvalue weighted by atomic mass is 35.5. The summed E-state index contributed by atoms with van der Waals surface area (Å²) < 4.78 is 22.9. The number of aryl methyl sites for hydroxylation is 1. The van der Waals surface area contributed by atoms with Gasteiger partial charge in [0.25, 0.3) is 5.91 Å². The maximum atomic E-state index is 12.2. The van der Waals surface area contributed by atoms with Crippen molar-refractivity contribution in [2.24, 2.45) is 5.14 Å². The minimum Gasteiger partial charge on any atom is -0.321 e. The van der Waals surface area contributed by atoms with Crippen LogP contribution in [0, 0.1) is 6.92 Å². The van der Waals surface area contributed by atoms with E-state index < -0.39 is 15.9 Å². The molecule has 0 spiro atoms. The predicted molar refractivity (Wildman–Crippen MR) is 79.8 cm³/mol. The molecule has 110 valence electrons. The molecule has 0 aliphatic rings. The summed E-state index contributed by atoms with van der Waals surface area (Å²) in [6.07, 6.45) is 1.33. The third kappa shape index (κ3) is 3.57. The van der Waals surface area contributed by atoms with Gasteiger partial charge in [0.05, 0.1) is 16.3 Å². The second-order valence-electron chi connectivity index (χ2n) is 4.30. The molecule has 1 heterocycles. The smallest absolute Gasteiger partial charge is 0.258 e. The molecule has 8 heteroatoms. The van der Waals surface area contributed by atoms with Crippen LogP contribution in [-0.2, 0) is 10.0 Å². The van der Waals surface area contributed by atoms with Crippen LogP contribution in [0.15, 0.2) is 41.4 Å². The highest BCUT2D eigenvalue weighted by Crippen LogP contribution is 2.22. The second-order valence-corrected chi connectivity index (χ2v) is 6.24. The molecule has 1 aromatic heterocycles. The molecule has 0 fully saturated rings. The second kappa shape index (κ2) is 5.80. The lowest BCUT2D eigenvalue weighted by atomic mass is 10.2. The number of para-hydroxylation sites is 1. The van der Waals surface area contributed by atoms with Gasteiger partial charge in [-0.05, 0) is 25.1 Å². The van der Waals surface area contributed by atoms with Crippen LogP contribution >= 0.6 is 11.6 Å². The number of rotatable bonds is 3. The number of carbonyl (C=O) groups excluding carboxylic acids is 1. The van der Waals surface area contributed by atoms with Gasteiger partial charge in [-0.3, -0.25) is 9.78 Å². The van der Waals surface area contributed by atoms with Crippen molar-refractivity contribution in [2.75, 3.05) is 5.32 Å². The van der Waals surface area contributed by atoms with E-state index in [0.29, 0.717) is 5.69 Å². The first kappa shape index (κ1) is 15.4. The summed E-state index contributed by atoms with van der Waals surface area (Å²) >= 11 is 5.98. The van der Waals surface area contributed by atoms with Gasteiger partial charge in [0.15, 0.2) is 0 Å². The highest BCUT2D eigenvalue weighted by Gasteiger charge is 2.17. The number of carbonyl (C=O) groups is 1. The molecular formula is C13H12ClN3O3S. The number of anilines is 1. The van der Waals surface area contributed by atoms with E-state index in [1.54, 1.807) is 19.1 Å². The Hall–Kier alpha value is -1.96. The molecule has 2 rings (SSSR count). The minimum atomic E-state index is -3.94. The molecule has 0 saturated heterocycles. The van der Waals surface area contributed by atoms with Crippen molar-refractivity contribution < 1.29 is 13.2 Å². The van der Waals surface area contributed by atoms with E-state index in [-0.39, 0.29) is 21.2 Å². The van der Waals surface area contributed by atoms with Gasteiger partial charge in [0, 0.05) is 11.9 Å². The van der Waals surface area contributed by atoms with Crippen molar-refractivity contribution in [3.63, 3.8) is 0 Å². The Balaban J connectivity index is 2.37. The number of pyridine rings is 1. The van der Waals surface area contributed by atoms with Crippen LogP contribution in [0.1, 0.15) is 16.1 Å². The summed E-state index contributed by atoms with van der Waals surface area (Å²) in [5, 5.41) is 7.81. The molecule has 0 saturated carbocycles. The largest absolute Gasteiger partial charge is 0.321 e. The number of hydrogen-bond acceptors (Lipinski definition) is 4. The highest BCUT2D eigenvalue weighted by molar-refractivity contribution is 7.89. The van der Waals surface area contributed by atoms with Gasteiger partial charge in [0.2, 0.25) is 10.0 Å². The van der Waals surface area contributed by atoms with E-state index in [2.05, 4.69) is 10.3 Å². The first-order valence-electron chi connectivity index (χ1n) is 5.84. The normalized spacial score (nSPS) is 11.2. The van der Waals surface area contributed by atoms with Gasteiger partial charge < -0.3 is 5.32 Å². The molecule has 0 aliphatic carbocycles. The number of nitrogens with zero attached hydrogens (tertiary/aromatic N) is 1. The molecule has 1 amide bonds. The molecule has 0 radical (unpaired) electrons. The van der Waals surface area contributed by atoms with Crippen molar-refractivity contribution in [1.82, 2.24) is 4.98 Å². The topological polar surface area (TPSA) is 102 Å². The molecular weight excluding hydrogens is 314 g/mol. The fourth-order valence-electron chi connectivity index (χ4n) is 1.70. The summed E-state index contributed by atoms with van der Waals surface area (Å²) in [6, 6.07) is 7.38. The molecule has 3 N–H and O–H groups in total. The van der Waals surface area contributed by atoms with Crippen LogP contribution in [0.25, 0.3) is 0 Å². The molecule has 0 atom stereocenters. The zero-order valence-electron chi connectivity index (χ0n) is 11.0. The van der Waals surface area contributed by atoms with Crippen molar-refractivity contribution in [1.29, 1.82) is 0 Å². The molecule has 21 heavy (non-hydrogen) atoms. The Kier molecular flexibility index (Phi) is 4.26. The van der Waals surface area contributed by atoms with Crippen molar-refractivity contribution in [3.05, 3.63) is 52.8 Å². The molecule has 2 aromatic rings. The average molecular weight is 326 g/mol. The van der Waals surface area contributed by atoms with E-state index in [9.17, 15) is 13.2 Å². The van der Waals surface area contributed by atoms with Gasteiger partial charge >= 0.3 is 0 Å². The molecule has 1 aromatic carbocycles. The summed E-state index contributed by atoms with van der Waals surface area (Å²) in [4.78, 5) is 16.0. The number of aromatic nitrogens is 1. The summed E-state index contributed by atoms with van der Waals surface area (Å²) in [7, 11) is -3.94. The average Bonchev–Trinajstić information content (AvgIpc) is 2.37. The van der Waals surface area contributed by atoms with Gasteiger partial charge in [-0.25, -0.2) is 13.6 Å². The van der Waals surface area contributed by atoms with Crippen LogP contribution in [0.5, 0.6) is 0 Å². The van der Waals surface area contributed by atoms with E-state index in [1.165, 1.54) is 24.4 Å². The molecule has 0 unspecified atom stereocenters. The number of amides is 1. The molecule has 0 aliphatic heterocycles. The zero-order chi connectivity index (χ0) is 15.6. The van der Waals surface area contributed by atoms with Crippen LogP contribution in [0.4, 0.5) is 5.69 Å². The zero-order valence-corrected chi connectivity index (χ0v) is 12.6. The first-order valence-corrected chi connectivity index (χ1v) is 7.77. The van der Waals surface area contributed by atoms with Gasteiger partial charge in [0.1, 0.15) is 4.90 Å². The van der Waals surface area contributed by atoms with Gasteiger partial charge in [-0.15, -0.1) is 0 Å². The summed E-state index contributed by atoms with van der Waals surface area (Å²) in [6.45, 7) is 1.74. The number of hydrogen-bond donors (Lipinski definition) is 2. The quantitative estimate of drug-likeness (QED) is 0.900. The maximum Gasteiger partial charge on any atom is 0.258 e. The third-order valence-corrected chi connectivity index (χ3v) is 3.96. The number of nitrogens with two attached hydrogens (primary N) is 1. The van der Waals surface area contributed by atoms with E-state index in [1.807, 2.05) is 0 Å². The fraction of sp³-hybridized carbons (Fsp3) is 0.0769. The number of primary sulfonamides is 1. The SMILES string of the molecule is Cc1cc(Cl)c(C(=O)Nc2ccccc2S(N)(=O)=O)cn1. The van der Waals surface area contributed by atoms with E-state index in [0.717, 1.165) is 0 Å². The van der Waals surface area contributed by atoms with Crippen molar-refractivity contribution in [3.8, 4) is 0 Å². The Morgan fingerprint density at radius 3 is 2.62 bits per heavy atom. The third-order valence-electron chi connectivity index (χ3n) is 2.68. The Morgan fingerprint density at radius 2 is 2.00 bits per heavy atom. The van der Waals surface area contributed by atoms with E-state index >= 15 is 0 Å². The molecule has 0 bridgehead atoms. The number of sulfonamides is 1. The molecule has 6 nitrogen and oxygen atoms in total. The monoisotopic (exact) mass is 325 g/mol. The van der Waals surface area contributed by atoms with Crippen molar-refractivity contribution >= 4 is 33.2 Å². The van der Waals surface area contributed by atoms with Crippen LogP contribution < -0.4 is 10.5 Å². The maximum absolute atomic E-state index is 12.2. The van der Waals surface area contributed by atoms with Crippen LogP contribution in [0.2, 0.25) is 5.02 Å². The minimum absolute atomic E-state index is 0.0849. The Labute approximate surface area is 127 Å². The Morgan fingerprint density at radius 1 is 1.33 bits per heavy atom. The number of benzene rings is 1. The number of nitrogens with one attached hydrogen (secondary N) is 1. The predicted octanol–water partition coefficient (Wildman–Crippen LogP) is 1.94. The van der Waals surface area contributed by atoms with E-state index in [4.69, 9.17) is 16.7 Å². The van der Waals surface area contributed by atoms with Crippen LogP contribution in [-0.4, -0.2) is 19.3 Å². The standard InChI is InChI=1S/C13H12ClN3O3S/c1-8-6-10(14)9(7-16-8)13(18)17-11-4-2-3-5-12(11)21(15,19)20/h2-7H,1H3,(H,17,18)(H2,15,19,20). The van der Waals surface area contributed by atoms with Gasteiger partial charge in [-0.2, -0.15) is 0 Å². The fourth-order valence-corrected chi connectivity index (χ4v) is 2.69. The van der Waals surface area contributed by atoms with Crippen LogP contribution in [0.3, 0.4) is 0 Å². The lowest BCUT2D eigenvalue weighted by molar-refractivity contribution is 0.102. The Bertz CT molecular complexity index is 806. The lowest BCUT2D eigenvalue weighted by Crippen LogP contribution is -2.18. The van der Waals surface area contributed by atoms with Crippen molar-refractivity contribution in [2.45, 2.75) is 11.8 Å². The lowest BCUT2D eigenvalue weighted by Gasteiger charge is -2.10.